The number of aliphatic hydroxyl groups excluding tert-OH is 1. The minimum Gasteiger partial charge on any atom is -0.393 e. The van der Waals surface area contributed by atoms with E-state index < -0.39 is 0 Å². The molecular formula is C10H22N2O. The number of piperidine rings is 1. The number of nitrogens with zero attached hydrogens (tertiary/aromatic N) is 1. The van der Waals surface area contributed by atoms with Gasteiger partial charge < -0.3 is 15.7 Å². The molecule has 0 bridgehead atoms. The fourth-order valence-electron chi connectivity index (χ4n) is 1.59. The largest absolute Gasteiger partial charge is 0.393 e. The van der Waals surface area contributed by atoms with Crippen LogP contribution in [-0.2, 0) is 0 Å². The first kappa shape index (κ1) is 11.0. The average molecular weight is 186 g/mol. The smallest absolute Gasteiger partial charge is 0.0564 e. The van der Waals surface area contributed by atoms with E-state index in [0.29, 0.717) is 0 Å². The molecule has 0 saturated carbocycles. The van der Waals surface area contributed by atoms with E-state index in [1.54, 1.807) is 0 Å². The van der Waals surface area contributed by atoms with E-state index in [9.17, 15) is 5.11 Å². The van der Waals surface area contributed by atoms with Gasteiger partial charge in [0.25, 0.3) is 0 Å². The van der Waals surface area contributed by atoms with E-state index in [0.717, 1.165) is 38.9 Å². The number of nitrogens with two attached hydrogens (primary N) is 1. The SMILES string of the molecule is CC(C)(N)CCN1CCC(O)CC1. The monoisotopic (exact) mass is 186 g/mol. The Morgan fingerprint density at radius 1 is 1.38 bits per heavy atom. The third-order valence-corrected chi connectivity index (χ3v) is 2.63. The van der Waals surface area contributed by atoms with Crippen molar-refractivity contribution in [1.82, 2.24) is 4.90 Å². The van der Waals surface area contributed by atoms with Crippen LogP contribution in [0.1, 0.15) is 33.1 Å². The minimum absolute atomic E-state index is 0.0595. The molecule has 78 valence electrons. The fraction of sp³-hybridized carbons (Fsp3) is 1.00. The normalized spacial score (nSPS) is 22.2. The molecule has 3 N–H and O–H groups in total. The number of likely N-dealkylation sites (tertiary alicyclic amines) is 1. The lowest BCUT2D eigenvalue weighted by Crippen LogP contribution is -2.41. The van der Waals surface area contributed by atoms with Crippen molar-refractivity contribution in [2.45, 2.75) is 44.8 Å². The maximum Gasteiger partial charge on any atom is 0.0564 e. The second-order valence-electron chi connectivity index (χ2n) is 4.81. The van der Waals surface area contributed by atoms with Crippen molar-refractivity contribution >= 4 is 0 Å². The molecule has 0 aromatic carbocycles. The van der Waals surface area contributed by atoms with Crippen LogP contribution in [0, 0.1) is 0 Å². The first-order valence-corrected chi connectivity index (χ1v) is 5.17. The first-order chi connectivity index (χ1) is 5.97. The standard InChI is InChI=1S/C10H22N2O/c1-10(2,11)5-8-12-6-3-9(13)4-7-12/h9,13H,3-8,11H2,1-2H3. The fourth-order valence-corrected chi connectivity index (χ4v) is 1.59. The van der Waals surface area contributed by atoms with Crippen molar-refractivity contribution in [2.24, 2.45) is 5.73 Å². The lowest BCUT2D eigenvalue weighted by molar-refractivity contribution is 0.0797. The summed E-state index contributed by atoms with van der Waals surface area (Å²) >= 11 is 0. The van der Waals surface area contributed by atoms with Crippen LogP contribution in [0.5, 0.6) is 0 Å². The highest BCUT2D eigenvalue weighted by Gasteiger charge is 2.18. The summed E-state index contributed by atoms with van der Waals surface area (Å²) in [5, 5.41) is 9.30. The first-order valence-electron chi connectivity index (χ1n) is 5.17. The summed E-state index contributed by atoms with van der Waals surface area (Å²) in [4.78, 5) is 2.39. The van der Waals surface area contributed by atoms with Gasteiger partial charge in [-0.15, -0.1) is 0 Å². The van der Waals surface area contributed by atoms with Gasteiger partial charge in [0.15, 0.2) is 0 Å². The Bertz CT molecular complexity index is 145. The zero-order valence-electron chi connectivity index (χ0n) is 8.79. The predicted octanol–water partition coefficient (Wildman–Crippen LogP) is 0.570. The lowest BCUT2D eigenvalue weighted by Gasteiger charge is -2.31. The molecule has 1 rings (SSSR count). The molecule has 3 nitrogen and oxygen atoms in total. The van der Waals surface area contributed by atoms with Gasteiger partial charge in [-0.05, 0) is 39.7 Å². The topological polar surface area (TPSA) is 49.5 Å². The molecule has 1 heterocycles. The van der Waals surface area contributed by atoms with Crippen molar-refractivity contribution in [2.75, 3.05) is 19.6 Å². The number of rotatable bonds is 3. The van der Waals surface area contributed by atoms with Gasteiger partial charge in [-0.3, -0.25) is 0 Å². The predicted molar refractivity (Wildman–Crippen MR) is 54.6 cm³/mol. The molecular weight excluding hydrogens is 164 g/mol. The molecule has 1 aliphatic rings. The Labute approximate surface area is 80.9 Å². The summed E-state index contributed by atoms with van der Waals surface area (Å²) < 4.78 is 0. The van der Waals surface area contributed by atoms with E-state index in [2.05, 4.69) is 18.7 Å². The highest BCUT2D eigenvalue weighted by Crippen LogP contribution is 2.12. The Morgan fingerprint density at radius 3 is 2.38 bits per heavy atom. The maximum atomic E-state index is 9.30. The van der Waals surface area contributed by atoms with Crippen LogP contribution in [0.25, 0.3) is 0 Å². The number of hydrogen-bond acceptors (Lipinski definition) is 3. The summed E-state index contributed by atoms with van der Waals surface area (Å²) in [6.45, 7) is 7.24. The van der Waals surface area contributed by atoms with E-state index in [1.807, 2.05) is 0 Å². The van der Waals surface area contributed by atoms with Crippen molar-refractivity contribution in [3.63, 3.8) is 0 Å². The van der Waals surface area contributed by atoms with Crippen LogP contribution >= 0.6 is 0 Å². The average Bonchev–Trinajstić information content (AvgIpc) is 2.02. The molecule has 1 aliphatic heterocycles. The second-order valence-corrected chi connectivity index (χ2v) is 4.81. The maximum absolute atomic E-state index is 9.30. The van der Waals surface area contributed by atoms with Gasteiger partial charge in [0.1, 0.15) is 0 Å². The van der Waals surface area contributed by atoms with Crippen molar-refractivity contribution in [3.05, 3.63) is 0 Å². The number of aliphatic hydroxyl groups is 1. The molecule has 1 saturated heterocycles. The van der Waals surface area contributed by atoms with Crippen molar-refractivity contribution < 1.29 is 5.11 Å². The van der Waals surface area contributed by atoms with Gasteiger partial charge in [0.05, 0.1) is 6.10 Å². The lowest BCUT2D eigenvalue weighted by atomic mass is 10.0. The molecule has 1 fully saturated rings. The molecule has 0 unspecified atom stereocenters. The zero-order valence-corrected chi connectivity index (χ0v) is 8.79. The van der Waals surface area contributed by atoms with E-state index in [1.165, 1.54) is 0 Å². The molecule has 0 amide bonds. The van der Waals surface area contributed by atoms with Crippen LogP contribution in [0.15, 0.2) is 0 Å². The van der Waals surface area contributed by atoms with Crippen LogP contribution in [0.4, 0.5) is 0 Å². The zero-order chi connectivity index (χ0) is 9.90. The minimum atomic E-state index is -0.0675. The van der Waals surface area contributed by atoms with Gasteiger partial charge in [-0.25, -0.2) is 0 Å². The summed E-state index contributed by atoms with van der Waals surface area (Å²) in [7, 11) is 0. The quantitative estimate of drug-likeness (QED) is 0.677. The molecule has 3 heteroatoms. The van der Waals surface area contributed by atoms with Gasteiger partial charge in [-0.2, -0.15) is 0 Å². The molecule has 0 aromatic heterocycles. The summed E-state index contributed by atoms with van der Waals surface area (Å²) in [6.07, 6.45) is 2.81. The Balaban J connectivity index is 2.16. The van der Waals surface area contributed by atoms with E-state index >= 15 is 0 Å². The van der Waals surface area contributed by atoms with Gasteiger partial charge in [0, 0.05) is 18.6 Å². The number of hydrogen-bond donors (Lipinski definition) is 2. The Morgan fingerprint density at radius 2 is 1.92 bits per heavy atom. The van der Waals surface area contributed by atoms with Crippen molar-refractivity contribution in [3.8, 4) is 0 Å². The van der Waals surface area contributed by atoms with Crippen LogP contribution in [-0.4, -0.2) is 41.3 Å². The van der Waals surface area contributed by atoms with E-state index in [-0.39, 0.29) is 11.6 Å². The summed E-state index contributed by atoms with van der Waals surface area (Å²) in [5.74, 6) is 0. The summed E-state index contributed by atoms with van der Waals surface area (Å²) in [6, 6.07) is 0. The summed E-state index contributed by atoms with van der Waals surface area (Å²) in [5.41, 5.74) is 5.84. The van der Waals surface area contributed by atoms with Crippen LogP contribution < -0.4 is 5.73 Å². The highest BCUT2D eigenvalue weighted by atomic mass is 16.3. The molecule has 0 spiro atoms. The van der Waals surface area contributed by atoms with Gasteiger partial charge >= 0.3 is 0 Å². The molecule has 0 aromatic rings. The molecule has 13 heavy (non-hydrogen) atoms. The Hall–Kier alpha value is -0.120. The Kier molecular flexibility index (Phi) is 3.71. The van der Waals surface area contributed by atoms with Crippen LogP contribution in [0.3, 0.4) is 0 Å². The molecule has 0 atom stereocenters. The van der Waals surface area contributed by atoms with Crippen molar-refractivity contribution in [1.29, 1.82) is 0 Å². The third kappa shape index (κ3) is 4.60. The second kappa shape index (κ2) is 4.40. The third-order valence-electron chi connectivity index (χ3n) is 2.63. The van der Waals surface area contributed by atoms with Gasteiger partial charge in [0.2, 0.25) is 0 Å². The highest BCUT2D eigenvalue weighted by molar-refractivity contribution is 4.77. The van der Waals surface area contributed by atoms with Gasteiger partial charge in [-0.1, -0.05) is 0 Å². The van der Waals surface area contributed by atoms with Crippen LogP contribution in [0.2, 0.25) is 0 Å². The molecule has 0 aliphatic carbocycles. The van der Waals surface area contributed by atoms with E-state index in [4.69, 9.17) is 5.73 Å². The molecule has 0 radical (unpaired) electrons.